The predicted molar refractivity (Wildman–Crippen MR) is 95.4 cm³/mol. The van der Waals surface area contributed by atoms with Gasteiger partial charge in [-0.2, -0.15) is 0 Å². The van der Waals surface area contributed by atoms with Crippen molar-refractivity contribution in [2.45, 2.75) is 31.7 Å². The number of nitrogens with one attached hydrogen (secondary N) is 1. The lowest BCUT2D eigenvalue weighted by molar-refractivity contribution is -0.119. The van der Waals surface area contributed by atoms with Crippen LogP contribution in [0.25, 0.3) is 0 Å². The van der Waals surface area contributed by atoms with Gasteiger partial charge in [0.15, 0.2) is 0 Å². The highest BCUT2D eigenvalue weighted by molar-refractivity contribution is 7.15. The molecule has 0 aliphatic heterocycles. The molecule has 3 N–H and O–H groups in total. The molecule has 0 saturated heterocycles. The van der Waals surface area contributed by atoms with Crippen LogP contribution < -0.4 is 11.1 Å². The number of rotatable bonds is 4. The highest BCUT2D eigenvalue weighted by atomic mass is 35.5. The van der Waals surface area contributed by atoms with Crippen LogP contribution in [0.5, 0.6) is 0 Å². The summed E-state index contributed by atoms with van der Waals surface area (Å²) in [6, 6.07) is 7.78. The Morgan fingerprint density at radius 2 is 2.22 bits per heavy atom. The van der Waals surface area contributed by atoms with Crippen LogP contribution in [0, 0.1) is 5.92 Å². The number of aromatic nitrogens is 2. The maximum Gasteiger partial charge on any atom is 0.229 e. The van der Waals surface area contributed by atoms with Crippen LogP contribution in [-0.4, -0.2) is 22.1 Å². The van der Waals surface area contributed by atoms with Gasteiger partial charge in [0.05, 0.1) is 0 Å². The molecule has 2 unspecified atom stereocenters. The van der Waals surface area contributed by atoms with Gasteiger partial charge in [0, 0.05) is 23.4 Å². The third-order valence-corrected chi connectivity index (χ3v) is 4.86. The van der Waals surface area contributed by atoms with Crippen LogP contribution in [0.2, 0.25) is 5.02 Å². The zero-order chi connectivity index (χ0) is 15.5. The lowest BCUT2D eigenvalue weighted by atomic mass is 10.1. The summed E-state index contributed by atoms with van der Waals surface area (Å²) in [6.07, 6.45) is 3.16. The minimum absolute atomic E-state index is 0. The van der Waals surface area contributed by atoms with Gasteiger partial charge in [-0.15, -0.1) is 22.6 Å². The Hall–Kier alpha value is -1.21. The zero-order valence-electron chi connectivity index (χ0n) is 12.4. The smallest absolute Gasteiger partial charge is 0.229 e. The third kappa shape index (κ3) is 4.88. The standard InChI is InChI=1S/C15H17ClN4OS.ClH/c16-11-3-1-2-9(6-11)7-13-19-20-15(22-13)18-14(21)10-4-5-12(17)8-10;/h1-3,6,10,12H,4-5,7-8,17H2,(H,18,20,21);1H. The summed E-state index contributed by atoms with van der Waals surface area (Å²) < 4.78 is 0. The van der Waals surface area contributed by atoms with Crippen molar-refractivity contribution in [2.24, 2.45) is 11.7 Å². The highest BCUT2D eigenvalue weighted by Gasteiger charge is 2.28. The Balaban J connectivity index is 0.00000192. The van der Waals surface area contributed by atoms with E-state index in [0.717, 1.165) is 29.8 Å². The van der Waals surface area contributed by atoms with Crippen LogP contribution in [0.15, 0.2) is 24.3 Å². The van der Waals surface area contributed by atoms with Gasteiger partial charge in [0.25, 0.3) is 0 Å². The van der Waals surface area contributed by atoms with E-state index in [1.165, 1.54) is 11.3 Å². The van der Waals surface area contributed by atoms with E-state index in [2.05, 4.69) is 15.5 Å². The van der Waals surface area contributed by atoms with E-state index in [1.807, 2.05) is 24.3 Å². The summed E-state index contributed by atoms with van der Waals surface area (Å²) in [5.41, 5.74) is 6.91. The highest BCUT2D eigenvalue weighted by Crippen LogP contribution is 2.26. The number of hydrogen-bond donors (Lipinski definition) is 2. The second kappa shape index (κ2) is 8.06. The minimum Gasteiger partial charge on any atom is -0.328 e. The van der Waals surface area contributed by atoms with Gasteiger partial charge in [-0.1, -0.05) is 35.1 Å². The van der Waals surface area contributed by atoms with Crippen LogP contribution in [0.3, 0.4) is 0 Å². The van der Waals surface area contributed by atoms with E-state index in [0.29, 0.717) is 16.6 Å². The number of carbonyl (C=O) groups is 1. The number of hydrogen-bond acceptors (Lipinski definition) is 5. The van der Waals surface area contributed by atoms with Gasteiger partial charge in [-0.25, -0.2) is 0 Å². The lowest BCUT2D eigenvalue weighted by Gasteiger charge is -2.07. The van der Waals surface area contributed by atoms with Gasteiger partial charge >= 0.3 is 0 Å². The number of benzene rings is 1. The molecule has 2 atom stereocenters. The van der Waals surface area contributed by atoms with Crippen molar-refractivity contribution in [3.63, 3.8) is 0 Å². The van der Waals surface area contributed by atoms with Crippen molar-refractivity contribution in [2.75, 3.05) is 5.32 Å². The van der Waals surface area contributed by atoms with Crippen molar-refractivity contribution in [3.05, 3.63) is 39.9 Å². The molecule has 1 aromatic carbocycles. The second-order valence-electron chi connectivity index (χ2n) is 5.57. The Labute approximate surface area is 150 Å². The average Bonchev–Trinajstić information content (AvgIpc) is 3.08. The maximum atomic E-state index is 12.1. The van der Waals surface area contributed by atoms with E-state index in [1.54, 1.807) is 0 Å². The molecular formula is C15H18Cl2N4OS. The SMILES string of the molecule is Cl.NC1CCC(C(=O)Nc2nnc(Cc3cccc(Cl)c3)s2)C1. The maximum absolute atomic E-state index is 12.1. The van der Waals surface area contributed by atoms with E-state index in [9.17, 15) is 4.79 Å². The Bertz CT molecular complexity index is 679. The van der Waals surface area contributed by atoms with E-state index >= 15 is 0 Å². The minimum atomic E-state index is -0.00437. The molecule has 5 nitrogen and oxygen atoms in total. The van der Waals surface area contributed by atoms with Gasteiger partial charge in [0.1, 0.15) is 5.01 Å². The third-order valence-electron chi connectivity index (χ3n) is 3.79. The van der Waals surface area contributed by atoms with Crippen molar-refractivity contribution < 1.29 is 4.79 Å². The van der Waals surface area contributed by atoms with E-state index < -0.39 is 0 Å². The molecule has 1 aromatic heterocycles. The Morgan fingerprint density at radius 3 is 2.91 bits per heavy atom. The van der Waals surface area contributed by atoms with Crippen molar-refractivity contribution in [1.82, 2.24) is 10.2 Å². The summed E-state index contributed by atoms with van der Waals surface area (Å²) in [6.45, 7) is 0. The molecule has 0 bridgehead atoms. The van der Waals surface area contributed by atoms with Gasteiger partial charge in [-0.05, 0) is 37.0 Å². The fraction of sp³-hybridized carbons (Fsp3) is 0.400. The molecule has 1 aliphatic rings. The molecule has 1 fully saturated rings. The molecule has 8 heteroatoms. The first kappa shape index (κ1) is 18.1. The molecule has 3 rings (SSSR count). The molecule has 1 aliphatic carbocycles. The largest absolute Gasteiger partial charge is 0.328 e. The molecule has 0 spiro atoms. The van der Waals surface area contributed by atoms with Crippen LogP contribution in [0.1, 0.15) is 29.8 Å². The van der Waals surface area contributed by atoms with Gasteiger partial charge in [-0.3, -0.25) is 4.79 Å². The van der Waals surface area contributed by atoms with Gasteiger partial charge < -0.3 is 11.1 Å². The van der Waals surface area contributed by atoms with Crippen molar-refractivity contribution in [1.29, 1.82) is 0 Å². The molecule has 1 amide bonds. The molecule has 124 valence electrons. The van der Waals surface area contributed by atoms with Crippen LogP contribution >= 0.6 is 35.3 Å². The number of anilines is 1. The first-order valence-corrected chi connectivity index (χ1v) is 8.43. The lowest BCUT2D eigenvalue weighted by Crippen LogP contribution is -2.23. The second-order valence-corrected chi connectivity index (χ2v) is 7.07. The van der Waals surface area contributed by atoms with Crippen LogP contribution in [-0.2, 0) is 11.2 Å². The van der Waals surface area contributed by atoms with E-state index in [4.69, 9.17) is 17.3 Å². The fourth-order valence-electron chi connectivity index (χ4n) is 2.66. The number of halogens is 2. The van der Waals surface area contributed by atoms with Gasteiger partial charge in [0.2, 0.25) is 11.0 Å². The normalized spacial score (nSPS) is 20.1. The van der Waals surface area contributed by atoms with E-state index in [-0.39, 0.29) is 30.3 Å². The number of nitrogens with zero attached hydrogens (tertiary/aromatic N) is 2. The van der Waals surface area contributed by atoms with Crippen LogP contribution in [0.4, 0.5) is 5.13 Å². The van der Waals surface area contributed by atoms with Crippen molar-refractivity contribution in [3.8, 4) is 0 Å². The summed E-state index contributed by atoms with van der Waals surface area (Å²) in [5.74, 6) is -0.00585. The average molecular weight is 373 g/mol. The molecule has 0 radical (unpaired) electrons. The van der Waals surface area contributed by atoms with Crippen molar-refractivity contribution >= 4 is 46.4 Å². The molecule has 1 heterocycles. The quantitative estimate of drug-likeness (QED) is 0.862. The summed E-state index contributed by atoms with van der Waals surface area (Å²) >= 11 is 7.36. The summed E-state index contributed by atoms with van der Waals surface area (Å²) in [5, 5.41) is 13.1. The molecule has 2 aromatic rings. The first-order valence-electron chi connectivity index (χ1n) is 7.23. The molecule has 1 saturated carbocycles. The first-order chi connectivity index (χ1) is 10.6. The fourth-order valence-corrected chi connectivity index (χ4v) is 3.65. The zero-order valence-corrected chi connectivity index (χ0v) is 14.8. The summed E-state index contributed by atoms with van der Waals surface area (Å²) in [7, 11) is 0. The predicted octanol–water partition coefficient (Wildman–Crippen LogP) is 3.27. The number of amides is 1. The molecule has 23 heavy (non-hydrogen) atoms. The molecular weight excluding hydrogens is 355 g/mol. The Kier molecular flexibility index (Phi) is 6.35. The topological polar surface area (TPSA) is 80.9 Å². The summed E-state index contributed by atoms with van der Waals surface area (Å²) in [4.78, 5) is 12.1. The monoisotopic (exact) mass is 372 g/mol. The number of nitrogens with two attached hydrogens (primary N) is 1. The number of carbonyl (C=O) groups excluding carboxylic acids is 1. The Morgan fingerprint density at radius 1 is 1.39 bits per heavy atom.